The molecule has 4 nitrogen and oxygen atoms in total. The first-order valence-electron chi connectivity index (χ1n) is 7.73. The summed E-state index contributed by atoms with van der Waals surface area (Å²) in [6.45, 7) is 1.75. The molecule has 0 saturated heterocycles. The van der Waals surface area contributed by atoms with Gasteiger partial charge in [-0.25, -0.2) is 8.78 Å². The molecule has 0 aliphatic rings. The number of ether oxygens (including phenoxy) is 1. The van der Waals surface area contributed by atoms with Crippen molar-refractivity contribution in [1.82, 2.24) is 0 Å². The Morgan fingerprint density at radius 2 is 1.60 bits per heavy atom. The lowest BCUT2D eigenvalue weighted by Crippen LogP contribution is -2.12. The molecule has 0 fully saturated rings. The van der Waals surface area contributed by atoms with E-state index in [2.05, 4.69) is 0 Å². The maximum Gasteiger partial charge on any atom is 0.311 e. The molecule has 0 saturated carbocycles. The van der Waals surface area contributed by atoms with E-state index in [1.165, 1.54) is 12.1 Å². The minimum atomic E-state index is -0.963. The maximum atomic E-state index is 13.5. The first-order chi connectivity index (χ1) is 11.9. The monoisotopic (exact) mass is 346 g/mol. The molecule has 0 radical (unpaired) electrons. The minimum absolute atomic E-state index is 0.0233. The molecule has 0 aromatic heterocycles. The molecule has 0 heterocycles. The van der Waals surface area contributed by atoms with E-state index in [1.807, 2.05) is 0 Å². The molecule has 0 N–H and O–H groups in total. The second-order valence-electron chi connectivity index (χ2n) is 5.32. The van der Waals surface area contributed by atoms with Crippen LogP contribution in [0, 0.1) is 11.6 Å². The predicted molar refractivity (Wildman–Crippen MR) is 86.6 cm³/mol. The van der Waals surface area contributed by atoms with Crippen LogP contribution in [-0.2, 0) is 4.79 Å². The predicted octanol–water partition coefficient (Wildman–Crippen LogP) is 4.13. The highest BCUT2D eigenvalue weighted by Gasteiger charge is 2.15. The SMILES string of the molecule is CCC(=O)c1ccc(OC(=O)CCC(=O)c2ccc(F)cc2F)cc1. The number of carbonyl (C=O) groups is 3. The average Bonchev–Trinajstić information content (AvgIpc) is 2.59. The van der Waals surface area contributed by atoms with Crippen LogP contribution in [0.15, 0.2) is 42.5 Å². The third-order valence-corrected chi connectivity index (χ3v) is 3.52. The molecule has 130 valence electrons. The molecule has 0 aliphatic carbocycles. The number of hydrogen-bond acceptors (Lipinski definition) is 4. The van der Waals surface area contributed by atoms with Crippen molar-refractivity contribution in [1.29, 1.82) is 0 Å². The number of carbonyl (C=O) groups excluding carboxylic acids is 3. The summed E-state index contributed by atoms with van der Waals surface area (Å²) in [5.74, 6) is -2.79. The van der Waals surface area contributed by atoms with Crippen LogP contribution < -0.4 is 4.74 Å². The molecule has 0 amide bonds. The lowest BCUT2D eigenvalue weighted by atomic mass is 10.1. The van der Waals surface area contributed by atoms with Crippen molar-refractivity contribution >= 4 is 17.5 Å². The summed E-state index contributed by atoms with van der Waals surface area (Å²) < 4.78 is 31.4. The number of halogens is 2. The molecule has 25 heavy (non-hydrogen) atoms. The van der Waals surface area contributed by atoms with Gasteiger partial charge < -0.3 is 4.74 Å². The summed E-state index contributed by atoms with van der Waals surface area (Å²) in [5.41, 5.74) is 0.251. The quantitative estimate of drug-likeness (QED) is 0.430. The lowest BCUT2D eigenvalue weighted by Gasteiger charge is -2.06. The van der Waals surface area contributed by atoms with E-state index >= 15 is 0 Å². The molecule has 6 heteroatoms. The highest BCUT2D eigenvalue weighted by atomic mass is 19.1. The molecule has 0 bridgehead atoms. The second-order valence-corrected chi connectivity index (χ2v) is 5.32. The Labute approximate surface area is 143 Å². The van der Waals surface area contributed by atoms with Crippen molar-refractivity contribution in [3.8, 4) is 5.75 Å². The topological polar surface area (TPSA) is 60.4 Å². The molecule has 2 aromatic carbocycles. The highest BCUT2D eigenvalue weighted by Crippen LogP contribution is 2.16. The van der Waals surface area contributed by atoms with E-state index in [1.54, 1.807) is 19.1 Å². The van der Waals surface area contributed by atoms with Crippen LogP contribution in [0.1, 0.15) is 46.9 Å². The molecular formula is C19H16F2O4. The van der Waals surface area contributed by atoms with Gasteiger partial charge in [0.25, 0.3) is 0 Å². The van der Waals surface area contributed by atoms with Crippen LogP contribution in [0.3, 0.4) is 0 Å². The van der Waals surface area contributed by atoms with Crippen molar-refractivity contribution in [3.63, 3.8) is 0 Å². The van der Waals surface area contributed by atoms with Crippen molar-refractivity contribution in [2.75, 3.05) is 0 Å². The first kappa shape index (κ1) is 18.4. The average molecular weight is 346 g/mol. The van der Waals surface area contributed by atoms with Gasteiger partial charge in [-0.2, -0.15) is 0 Å². The van der Waals surface area contributed by atoms with Crippen LogP contribution in [-0.4, -0.2) is 17.5 Å². The molecular weight excluding hydrogens is 330 g/mol. The molecule has 2 rings (SSSR count). The fourth-order valence-electron chi connectivity index (χ4n) is 2.16. The van der Waals surface area contributed by atoms with Gasteiger partial charge in [-0.15, -0.1) is 0 Å². The highest BCUT2D eigenvalue weighted by molar-refractivity contribution is 5.98. The number of hydrogen-bond donors (Lipinski definition) is 0. The normalized spacial score (nSPS) is 10.4. The molecule has 0 unspecified atom stereocenters. The van der Waals surface area contributed by atoms with Gasteiger partial charge in [-0.05, 0) is 36.4 Å². The van der Waals surface area contributed by atoms with E-state index in [0.717, 1.165) is 12.1 Å². The lowest BCUT2D eigenvalue weighted by molar-refractivity contribution is -0.134. The van der Waals surface area contributed by atoms with Crippen molar-refractivity contribution in [2.45, 2.75) is 26.2 Å². The Morgan fingerprint density at radius 3 is 2.20 bits per heavy atom. The third-order valence-electron chi connectivity index (χ3n) is 3.52. The number of ketones is 2. The van der Waals surface area contributed by atoms with Crippen LogP contribution in [0.2, 0.25) is 0 Å². The van der Waals surface area contributed by atoms with Crippen LogP contribution in [0.5, 0.6) is 5.75 Å². The van der Waals surface area contributed by atoms with Crippen molar-refractivity contribution < 1.29 is 27.9 Å². The molecule has 0 spiro atoms. The Hall–Kier alpha value is -2.89. The van der Waals surface area contributed by atoms with Gasteiger partial charge in [0.05, 0.1) is 12.0 Å². The van der Waals surface area contributed by atoms with Gasteiger partial charge in [0.15, 0.2) is 11.6 Å². The minimum Gasteiger partial charge on any atom is -0.427 e. The van der Waals surface area contributed by atoms with Crippen LogP contribution in [0.25, 0.3) is 0 Å². The van der Waals surface area contributed by atoms with Crippen LogP contribution in [0.4, 0.5) is 8.78 Å². The zero-order valence-electron chi connectivity index (χ0n) is 13.6. The third kappa shape index (κ3) is 5.04. The van der Waals surface area contributed by atoms with Crippen molar-refractivity contribution in [3.05, 3.63) is 65.2 Å². The van der Waals surface area contributed by atoms with E-state index in [0.29, 0.717) is 18.1 Å². The standard InChI is InChI=1S/C19H16F2O4/c1-2-17(22)12-3-6-14(7-4-12)25-19(24)10-9-18(23)15-8-5-13(20)11-16(15)21/h3-8,11H,2,9-10H2,1H3. The smallest absolute Gasteiger partial charge is 0.311 e. The Balaban J connectivity index is 1.90. The summed E-state index contributed by atoms with van der Waals surface area (Å²) in [4.78, 5) is 35.2. The second kappa shape index (κ2) is 8.28. The zero-order valence-corrected chi connectivity index (χ0v) is 13.6. The van der Waals surface area contributed by atoms with E-state index in [4.69, 9.17) is 4.74 Å². The van der Waals surface area contributed by atoms with Gasteiger partial charge >= 0.3 is 5.97 Å². The first-order valence-corrected chi connectivity index (χ1v) is 7.73. The zero-order chi connectivity index (χ0) is 18.4. The van der Waals surface area contributed by atoms with E-state index in [-0.39, 0.29) is 29.9 Å². The molecule has 0 aliphatic heterocycles. The van der Waals surface area contributed by atoms with E-state index in [9.17, 15) is 23.2 Å². The van der Waals surface area contributed by atoms with Crippen LogP contribution >= 0.6 is 0 Å². The van der Waals surface area contributed by atoms with Crippen molar-refractivity contribution in [2.24, 2.45) is 0 Å². The summed E-state index contributed by atoms with van der Waals surface area (Å²) in [6, 6.07) is 8.71. The largest absolute Gasteiger partial charge is 0.427 e. The molecule has 0 atom stereocenters. The summed E-state index contributed by atoms with van der Waals surface area (Å²) >= 11 is 0. The van der Waals surface area contributed by atoms with Gasteiger partial charge in [-0.1, -0.05) is 6.92 Å². The van der Waals surface area contributed by atoms with E-state index < -0.39 is 23.4 Å². The number of esters is 1. The number of benzene rings is 2. The Bertz CT molecular complexity index is 798. The van der Waals surface area contributed by atoms with Gasteiger partial charge in [0.2, 0.25) is 0 Å². The number of rotatable bonds is 7. The summed E-state index contributed by atoms with van der Waals surface area (Å²) in [7, 11) is 0. The summed E-state index contributed by atoms with van der Waals surface area (Å²) in [6.07, 6.45) is -0.125. The van der Waals surface area contributed by atoms with Gasteiger partial charge in [0, 0.05) is 24.5 Å². The summed E-state index contributed by atoms with van der Waals surface area (Å²) in [5, 5.41) is 0. The Morgan fingerprint density at radius 1 is 0.920 bits per heavy atom. The van der Waals surface area contributed by atoms with Gasteiger partial charge in [-0.3, -0.25) is 14.4 Å². The fraction of sp³-hybridized carbons (Fsp3) is 0.211. The van der Waals surface area contributed by atoms with Gasteiger partial charge in [0.1, 0.15) is 17.4 Å². The maximum absolute atomic E-state index is 13.5. The molecule has 2 aromatic rings. The Kier molecular flexibility index (Phi) is 6.11. The number of Topliss-reactive ketones (excluding diaryl/α,β-unsaturated/α-hetero) is 2. The fourth-order valence-corrected chi connectivity index (χ4v) is 2.16.